The molecule has 1 saturated carbocycles. The Kier molecular flexibility index (Phi) is 9.33. The number of nitrogens with zero attached hydrogens (tertiary/aromatic N) is 2. The van der Waals surface area contributed by atoms with E-state index < -0.39 is 0 Å². The molecule has 1 aromatic heterocycles. The monoisotopic (exact) mass is 500 g/mol. The van der Waals surface area contributed by atoms with Crippen molar-refractivity contribution in [3.8, 4) is 5.75 Å². The summed E-state index contributed by atoms with van der Waals surface area (Å²) in [5.74, 6) is 1.75. The van der Waals surface area contributed by atoms with E-state index in [4.69, 9.17) is 4.74 Å². The van der Waals surface area contributed by atoms with Gasteiger partial charge in [-0.3, -0.25) is 4.99 Å². The van der Waals surface area contributed by atoms with E-state index in [1.54, 1.807) is 18.4 Å². The number of rotatable bonds is 6. The molecular formula is C20H29IN4OS. The second kappa shape index (κ2) is 11.5. The number of thiazole rings is 1. The normalized spacial score (nSPS) is 15.1. The molecule has 1 aromatic carbocycles. The summed E-state index contributed by atoms with van der Waals surface area (Å²) < 4.78 is 6.08. The summed E-state index contributed by atoms with van der Waals surface area (Å²) in [6.45, 7) is 3.47. The lowest BCUT2D eigenvalue weighted by Gasteiger charge is -2.23. The van der Waals surface area contributed by atoms with Crippen LogP contribution in [-0.2, 0) is 13.1 Å². The van der Waals surface area contributed by atoms with E-state index in [1.165, 1.54) is 42.5 Å². The molecule has 1 aliphatic carbocycles. The van der Waals surface area contributed by atoms with Crippen LogP contribution in [0.2, 0.25) is 0 Å². The first-order valence-corrected chi connectivity index (χ1v) is 10.2. The number of aromatic nitrogens is 1. The lowest BCUT2D eigenvalue weighted by molar-refractivity contribution is 0.155. The number of aryl methyl sites for hydroxylation is 1. The molecule has 2 aromatic rings. The van der Waals surface area contributed by atoms with E-state index in [9.17, 15) is 0 Å². The van der Waals surface area contributed by atoms with Gasteiger partial charge in [0.15, 0.2) is 5.96 Å². The standard InChI is InChI=1S/C20H28N4OS.HI/c1-15-12-22-19(26-15)14-24-20(21-2)23-13-16-8-10-18(11-9-16)25-17-6-4-3-5-7-17;/h8-12,17H,3-7,13-14H2,1-2H3,(H2,21,23,24);1H. The summed E-state index contributed by atoms with van der Waals surface area (Å²) in [5.41, 5.74) is 1.20. The Morgan fingerprint density at radius 2 is 1.85 bits per heavy atom. The quantitative estimate of drug-likeness (QED) is 0.345. The molecule has 0 radical (unpaired) electrons. The highest BCUT2D eigenvalue weighted by Gasteiger charge is 2.14. The average Bonchev–Trinajstić information content (AvgIpc) is 3.09. The third kappa shape index (κ3) is 7.29. The molecular weight excluding hydrogens is 471 g/mol. The smallest absolute Gasteiger partial charge is 0.191 e. The number of guanidine groups is 1. The van der Waals surface area contributed by atoms with E-state index in [2.05, 4.69) is 51.8 Å². The van der Waals surface area contributed by atoms with Crippen molar-refractivity contribution < 1.29 is 4.74 Å². The molecule has 7 heteroatoms. The number of benzene rings is 1. The van der Waals surface area contributed by atoms with Crippen LogP contribution in [0, 0.1) is 6.92 Å². The Hall–Kier alpha value is -1.35. The van der Waals surface area contributed by atoms with Crippen molar-refractivity contribution in [2.45, 2.75) is 58.2 Å². The molecule has 148 valence electrons. The number of hydrogen-bond acceptors (Lipinski definition) is 4. The fraction of sp³-hybridized carbons (Fsp3) is 0.500. The molecule has 2 N–H and O–H groups in total. The maximum atomic E-state index is 6.08. The third-order valence-electron chi connectivity index (χ3n) is 4.54. The summed E-state index contributed by atoms with van der Waals surface area (Å²) in [5, 5.41) is 7.70. The molecule has 0 aliphatic heterocycles. The van der Waals surface area contributed by atoms with E-state index in [1.807, 2.05) is 6.20 Å². The minimum Gasteiger partial charge on any atom is -0.490 e. The first kappa shape index (κ1) is 21.9. The van der Waals surface area contributed by atoms with Gasteiger partial charge in [0.05, 0.1) is 12.6 Å². The fourth-order valence-corrected chi connectivity index (χ4v) is 3.84. The van der Waals surface area contributed by atoms with Crippen molar-refractivity contribution in [3.05, 3.63) is 45.9 Å². The van der Waals surface area contributed by atoms with Crippen LogP contribution < -0.4 is 15.4 Å². The Morgan fingerprint density at radius 3 is 2.48 bits per heavy atom. The van der Waals surface area contributed by atoms with Crippen LogP contribution in [0.25, 0.3) is 0 Å². The summed E-state index contributed by atoms with van der Waals surface area (Å²) in [6, 6.07) is 8.37. The third-order valence-corrected chi connectivity index (χ3v) is 5.45. The highest BCUT2D eigenvalue weighted by molar-refractivity contribution is 14.0. The summed E-state index contributed by atoms with van der Waals surface area (Å²) in [6.07, 6.45) is 8.59. The molecule has 0 saturated heterocycles. The minimum absolute atomic E-state index is 0. The first-order valence-electron chi connectivity index (χ1n) is 9.34. The fourth-order valence-electron chi connectivity index (χ4n) is 3.11. The van der Waals surface area contributed by atoms with Gasteiger partial charge in [0.1, 0.15) is 10.8 Å². The van der Waals surface area contributed by atoms with Crippen molar-refractivity contribution in [1.82, 2.24) is 15.6 Å². The van der Waals surface area contributed by atoms with Crippen LogP contribution in [0.15, 0.2) is 35.5 Å². The molecule has 1 aliphatic rings. The van der Waals surface area contributed by atoms with Crippen LogP contribution in [-0.4, -0.2) is 24.1 Å². The molecule has 5 nitrogen and oxygen atoms in total. The van der Waals surface area contributed by atoms with Gasteiger partial charge in [0.2, 0.25) is 0 Å². The first-order chi connectivity index (χ1) is 12.7. The Balaban J connectivity index is 0.00000261. The van der Waals surface area contributed by atoms with Crippen molar-refractivity contribution in [1.29, 1.82) is 0 Å². The van der Waals surface area contributed by atoms with Gasteiger partial charge in [-0.05, 0) is 50.3 Å². The average molecular weight is 500 g/mol. The lowest BCUT2D eigenvalue weighted by atomic mass is 9.98. The van der Waals surface area contributed by atoms with Crippen LogP contribution in [0.3, 0.4) is 0 Å². The molecule has 27 heavy (non-hydrogen) atoms. The van der Waals surface area contributed by atoms with Crippen molar-refractivity contribution >= 4 is 41.3 Å². The highest BCUT2D eigenvalue weighted by Crippen LogP contribution is 2.23. The number of aliphatic imine (C=N–C) groups is 1. The largest absolute Gasteiger partial charge is 0.490 e. The van der Waals surface area contributed by atoms with Gasteiger partial charge in [0, 0.05) is 24.7 Å². The van der Waals surface area contributed by atoms with Crippen molar-refractivity contribution in [3.63, 3.8) is 0 Å². The van der Waals surface area contributed by atoms with Gasteiger partial charge in [-0.25, -0.2) is 4.98 Å². The maximum Gasteiger partial charge on any atom is 0.191 e. The van der Waals surface area contributed by atoms with E-state index in [-0.39, 0.29) is 24.0 Å². The zero-order valence-electron chi connectivity index (χ0n) is 16.0. The van der Waals surface area contributed by atoms with E-state index in [0.717, 1.165) is 23.3 Å². The predicted molar refractivity (Wildman–Crippen MR) is 123 cm³/mol. The molecule has 1 heterocycles. The van der Waals surface area contributed by atoms with Gasteiger partial charge >= 0.3 is 0 Å². The zero-order valence-corrected chi connectivity index (χ0v) is 19.2. The molecule has 0 atom stereocenters. The van der Waals surface area contributed by atoms with E-state index in [0.29, 0.717) is 12.6 Å². The SMILES string of the molecule is CN=C(NCc1ccc(OC2CCCCC2)cc1)NCc1ncc(C)s1.I. The second-order valence-electron chi connectivity index (χ2n) is 6.67. The lowest BCUT2D eigenvalue weighted by Crippen LogP contribution is -2.36. The number of hydrogen-bond donors (Lipinski definition) is 2. The highest BCUT2D eigenvalue weighted by atomic mass is 127. The molecule has 3 rings (SSSR count). The topological polar surface area (TPSA) is 58.5 Å². The van der Waals surface area contributed by atoms with Gasteiger partial charge in [-0.15, -0.1) is 35.3 Å². The van der Waals surface area contributed by atoms with Gasteiger partial charge in [0.25, 0.3) is 0 Å². The maximum absolute atomic E-state index is 6.08. The summed E-state index contributed by atoms with van der Waals surface area (Å²) in [7, 11) is 1.78. The zero-order chi connectivity index (χ0) is 18.2. The Morgan fingerprint density at radius 1 is 1.15 bits per heavy atom. The van der Waals surface area contributed by atoms with Crippen LogP contribution in [0.4, 0.5) is 0 Å². The Bertz CT molecular complexity index is 711. The van der Waals surface area contributed by atoms with Gasteiger partial charge in [-0.1, -0.05) is 18.6 Å². The van der Waals surface area contributed by atoms with Crippen LogP contribution >= 0.6 is 35.3 Å². The molecule has 0 bridgehead atoms. The molecule has 0 spiro atoms. The number of nitrogens with one attached hydrogen (secondary N) is 2. The minimum atomic E-state index is 0. The predicted octanol–water partition coefficient (Wildman–Crippen LogP) is 4.65. The van der Waals surface area contributed by atoms with Gasteiger partial charge in [-0.2, -0.15) is 0 Å². The molecule has 0 amide bonds. The van der Waals surface area contributed by atoms with E-state index >= 15 is 0 Å². The number of ether oxygens (including phenoxy) is 1. The summed E-state index contributed by atoms with van der Waals surface area (Å²) >= 11 is 1.70. The second-order valence-corrected chi connectivity index (χ2v) is 7.99. The van der Waals surface area contributed by atoms with Crippen LogP contribution in [0.1, 0.15) is 47.6 Å². The summed E-state index contributed by atoms with van der Waals surface area (Å²) in [4.78, 5) is 9.85. The van der Waals surface area contributed by atoms with Crippen molar-refractivity contribution in [2.75, 3.05) is 7.05 Å². The van der Waals surface area contributed by atoms with Crippen molar-refractivity contribution in [2.24, 2.45) is 4.99 Å². The number of halogens is 1. The van der Waals surface area contributed by atoms with Gasteiger partial charge < -0.3 is 15.4 Å². The van der Waals surface area contributed by atoms with Crippen LogP contribution in [0.5, 0.6) is 5.75 Å². The molecule has 1 fully saturated rings. The molecule has 0 unspecified atom stereocenters. The Labute approximate surface area is 183 Å².